The van der Waals surface area contributed by atoms with Gasteiger partial charge in [0, 0.05) is 22.8 Å². The Bertz CT molecular complexity index is 1050. The molecule has 1 amide bonds. The monoisotopic (exact) mass is 438 g/mol. The molecule has 2 N–H and O–H groups in total. The van der Waals surface area contributed by atoms with Gasteiger partial charge in [-0.15, -0.1) is 0 Å². The minimum Gasteiger partial charge on any atom is -0.399 e. The minimum absolute atomic E-state index is 0.0357. The largest absolute Gasteiger partial charge is 0.399 e. The molecule has 2 heterocycles. The second kappa shape index (κ2) is 7.52. The first kappa shape index (κ1) is 18.3. The van der Waals surface area contributed by atoms with Gasteiger partial charge in [0.05, 0.1) is 17.0 Å². The Morgan fingerprint density at radius 2 is 1.93 bits per heavy atom. The maximum atomic E-state index is 14.4. The highest BCUT2D eigenvalue weighted by molar-refractivity contribution is 9.10. The lowest BCUT2D eigenvalue weighted by Crippen LogP contribution is -2.28. The molecule has 0 saturated heterocycles. The Morgan fingerprint density at radius 1 is 1.14 bits per heavy atom. The van der Waals surface area contributed by atoms with Gasteiger partial charge in [0.1, 0.15) is 11.9 Å². The highest BCUT2D eigenvalue weighted by Gasteiger charge is 2.35. The molecule has 140 valence electrons. The summed E-state index contributed by atoms with van der Waals surface area (Å²) in [6.07, 6.45) is 2.14. The predicted octanol–water partition coefficient (Wildman–Crippen LogP) is 4.56. The molecule has 1 atom stereocenters. The van der Waals surface area contributed by atoms with Crippen LogP contribution in [0.1, 0.15) is 34.1 Å². The SMILES string of the molecule is Nc1ccc(C2=NN(C(=O)c3ccc(Br)cc3F)C(c3ccccn3)C2)cc1. The van der Waals surface area contributed by atoms with Gasteiger partial charge in [0.15, 0.2) is 0 Å². The van der Waals surface area contributed by atoms with Crippen molar-refractivity contribution in [3.63, 3.8) is 0 Å². The number of carbonyl (C=O) groups is 1. The highest BCUT2D eigenvalue weighted by atomic mass is 79.9. The number of pyridine rings is 1. The van der Waals surface area contributed by atoms with E-state index in [-0.39, 0.29) is 5.56 Å². The molecule has 1 unspecified atom stereocenters. The maximum Gasteiger partial charge on any atom is 0.277 e. The van der Waals surface area contributed by atoms with Crippen LogP contribution in [0.3, 0.4) is 0 Å². The zero-order valence-corrected chi connectivity index (χ0v) is 16.3. The Balaban J connectivity index is 1.75. The van der Waals surface area contributed by atoms with Crippen LogP contribution < -0.4 is 5.73 Å². The van der Waals surface area contributed by atoms with E-state index in [1.54, 1.807) is 30.5 Å². The molecule has 4 rings (SSSR count). The van der Waals surface area contributed by atoms with Gasteiger partial charge in [-0.3, -0.25) is 9.78 Å². The molecule has 28 heavy (non-hydrogen) atoms. The minimum atomic E-state index is -0.602. The third-order valence-corrected chi connectivity index (χ3v) is 5.05. The summed E-state index contributed by atoms with van der Waals surface area (Å²) in [4.78, 5) is 17.5. The number of aromatic nitrogens is 1. The number of anilines is 1. The van der Waals surface area contributed by atoms with Gasteiger partial charge in [-0.1, -0.05) is 34.1 Å². The summed E-state index contributed by atoms with van der Waals surface area (Å²) in [5.41, 5.74) is 8.66. The Labute approximate surface area is 169 Å². The van der Waals surface area contributed by atoms with Crippen LogP contribution in [0.4, 0.5) is 10.1 Å². The van der Waals surface area contributed by atoms with Gasteiger partial charge in [0.2, 0.25) is 0 Å². The molecule has 5 nitrogen and oxygen atoms in total. The molecule has 2 aromatic carbocycles. The molecule has 1 aliphatic rings. The lowest BCUT2D eigenvalue weighted by molar-refractivity contribution is 0.0703. The van der Waals surface area contributed by atoms with Crippen LogP contribution >= 0.6 is 15.9 Å². The van der Waals surface area contributed by atoms with Crippen LogP contribution in [-0.4, -0.2) is 21.6 Å². The maximum absolute atomic E-state index is 14.4. The van der Waals surface area contributed by atoms with Gasteiger partial charge < -0.3 is 5.73 Å². The van der Waals surface area contributed by atoms with Crippen LogP contribution in [0.5, 0.6) is 0 Å². The Hall–Kier alpha value is -3.06. The number of nitrogens with two attached hydrogens (primary N) is 1. The zero-order chi connectivity index (χ0) is 19.7. The van der Waals surface area contributed by atoms with E-state index < -0.39 is 17.8 Å². The number of carbonyl (C=O) groups excluding carboxylic acids is 1. The van der Waals surface area contributed by atoms with Crippen molar-refractivity contribution in [3.05, 3.63) is 94.0 Å². The quantitative estimate of drug-likeness (QED) is 0.609. The molecule has 0 saturated carbocycles. The smallest absolute Gasteiger partial charge is 0.277 e. The average molecular weight is 439 g/mol. The number of hydrazone groups is 1. The molecule has 1 aromatic heterocycles. The number of amides is 1. The molecular formula is C21H16BrFN4O. The fraction of sp³-hybridized carbons (Fsp3) is 0.0952. The number of nitrogen functional groups attached to an aromatic ring is 1. The van der Waals surface area contributed by atoms with Crippen LogP contribution in [0, 0.1) is 5.82 Å². The lowest BCUT2D eigenvalue weighted by Gasteiger charge is -2.21. The van der Waals surface area contributed by atoms with Gasteiger partial charge in [-0.25, -0.2) is 9.40 Å². The lowest BCUT2D eigenvalue weighted by atomic mass is 10.0. The van der Waals surface area contributed by atoms with Gasteiger partial charge in [0.25, 0.3) is 5.91 Å². The molecule has 3 aromatic rings. The highest BCUT2D eigenvalue weighted by Crippen LogP contribution is 2.33. The summed E-state index contributed by atoms with van der Waals surface area (Å²) < 4.78 is 15.0. The van der Waals surface area contributed by atoms with Crippen molar-refractivity contribution in [2.45, 2.75) is 12.5 Å². The summed E-state index contributed by atoms with van der Waals surface area (Å²) >= 11 is 3.21. The number of halogens is 2. The molecule has 0 radical (unpaired) electrons. The topological polar surface area (TPSA) is 71.6 Å². The third kappa shape index (κ3) is 3.53. The summed E-state index contributed by atoms with van der Waals surface area (Å²) in [5.74, 6) is -1.11. The van der Waals surface area contributed by atoms with E-state index in [4.69, 9.17) is 5.73 Å². The van der Waals surface area contributed by atoms with E-state index in [1.807, 2.05) is 24.3 Å². The van der Waals surface area contributed by atoms with E-state index in [1.165, 1.54) is 17.1 Å². The fourth-order valence-corrected chi connectivity index (χ4v) is 3.47. The van der Waals surface area contributed by atoms with Crippen LogP contribution in [0.15, 0.2) is 76.4 Å². The van der Waals surface area contributed by atoms with Crippen LogP contribution in [0.25, 0.3) is 0 Å². The number of benzene rings is 2. The standard InChI is InChI=1S/C21H16BrFN4O/c22-14-6-9-16(17(23)11-14)21(28)27-20(18-3-1-2-10-25-18)12-19(26-27)13-4-7-15(24)8-5-13/h1-11,20H,12,24H2. The molecule has 1 aliphatic heterocycles. The van der Waals surface area contributed by atoms with Crippen molar-refractivity contribution >= 4 is 33.2 Å². The summed E-state index contributed by atoms with van der Waals surface area (Å²) in [6.45, 7) is 0. The van der Waals surface area contributed by atoms with E-state index in [0.29, 0.717) is 22.3 Å². The van der Waals surface area contributed by atoms with Gasteiger partial charge in [-0.05, 0) is 48.0 Å². The van der Waals surface area contributed by atoms with E-state index in [0.717, 1.165) is 11.3 Å². The van der Waals surface area contributed by atoms with Crippen molar-refractivity contribution in [2.75, 3.05) is 5.73 Å². The van der Waals surface area contributed by atoms with E-state index in [2.05, 4.69) is 26.0 Å². The second-order valence-corrected chi connectivity index (χ2v) is 7.33. The number of nitrogens with zero attached hydrogens (tertiary/aromatic N) is 3. The number of hydrogen-bond acceptors (Lipinski definition) is 4. The first-order chi connectivity index (χ1) is 13.5. The van der Waals surface area contributed by atoms with Gasteiger partial charge >= 0.3 is 0 Å². The molecule has 7 heteroatoms. The fourth-order valence-electron chi connectivity index (χ4n) is 3.14. The first-order valence-electron chi connectivity index (χ1n) is 8.66. The number of rotatable bonds is 3. The van der Waals surface area contributed by atoms with Crippen molar-refractivity contribution in [1.29, 1.82) is 0 Å². The molecule has 0 bridgehead atoms. The molecule has 0 fully saturated rings. The van der Waals surface area contributed by atoms with Crippen LogP contribution in [-0.2, 0) is 0 Å². The first-order valence-corrected chi connectivity index (χ1v) is 9.45. The zero-order valence-electron chi connectivity index (χ0n) is 14.7. The van der Waals surface area contributed by atoms with E-state index in [9.17, 15) is 9.18 Å². The Morgan fingerprint density at radius 3 is 2.61 bits per heavy atom. The molecule has 0 spiro atoms. The molecular weight excluding hydrogens is 423 g/mol. The van der Waals surface area contributed by atoms with Crippen molar-refractivity contribution in [1.82, 2.24) is 9.99 Å². The van der Waals surface area contributed by atoms with Crippen molar-refractivity contribution < 1.29 is 9.18 Å². The van der Waals surface area contributed by atoms with Crippen molar-refractivity contribution in [3.8, 4) is 0 Å². The van der Waals surface area contributed by atoms with E-state index >= 15 is 0 Å². The second-order valence-electron chi connectivity index (χ2n) is 6.42. The van der Waals surface area contributed by atoms with Gasteiger partial charge in [-0.2, -0.15) is 5.10 Å². The summed E-state index contributed by atoms with van der Waals surface area (Å²) in [6, 6.07) is 16.7. The summed E-state index contributed by atoms with van der Waals surface area (Å²) in [7, 11) is 0. The third-order valence-electron chi connectivity index (χ3n) is 4.55. The van der Waals surface area contributed by atoms with Crippen LogP contribution in [0.2, 0.25) is 0 Å². The normalized spacial score (nSPS) is 16.1. The summed E-state index contributed by atoms with van der Waals surface area (Å²) in [5, 5.41) is 5.85. The Kier molecular flexibility index (Phi) is 4.92. The average Bonchev–Trinajstić information content (AvgIpc) is 3.14. The predicted molar refractivity (Wildman–Crippen MR) is 109 cm³/mol. The number of hydrogen-bond donors (Lipinski definition) is 1. The molecule has 0 aliphatic carbocycles. The van der Waals surface area contributed by atoms with Crippen molar-refractivity contribution in [2.24, 2.45) is 5.10 Å².